The molecule has 0 bridgehead atoms. The van der Waals surface area contributed by atoms with Crippen molar-refractivity contribution in [2.45, 2.75) is 19.4 Å². The summed E-state index contributed by atoms with van der Waals surface area (Å²) >= 11 is 0. The van der Waals surface area contributed by atoms with Crippen molar-refractivity contribution in [3.8, 4) is 28.2 Å². The summed E-state index contributed by atoms with van der Waals surface area (Å²) in [6.45, 7) is 4.11. The molecule has 1 fully saturated rings. The van der Waals surface area contributed by atoms with Crippen molar-refractivity contribution < 1.29 is 4.74 Å². The molecule has 2 aliphatic rings. The Kier molecular flexibility index (Phi) is 4.24. The van der Waals surface area contributed by atoms with Gasteiger partial charge < -0.3 is 9.64 Å². The van der Waals surface area contributed by atoms with Crippen molar-refractivity contribution in [1.82, 2.24) is 29.7 Å². The van der Waals surface area contributed by atoms with Crippen LogP contribution in [0.2, 0.25) is 0 Å². The Balaban J connectivity index is 1.58. The van der Waals surface area contributed by atoms with Crippen molar-refractivity contribution in [1.29, 1.82) is 0 Å². The SMILES string of the molecule is CCc1nc(-c2ccncc2-c2ccccc2)nc2c1-n1cnnc1C1COCCN21. The van der Waals surface area contributed by atoms with Gasteiger partial charge in [-0.15, -0.1) is 10.2 Å². The zero-order chi connectivity index (χ0) is 20.8. The first-order chi connectivity index (χ1) is 15.3. The number of morpholine rings is 1. The minimum absolute atomic E-state index is 0.00207. The molecule has 154 valence electrons. The summed E-state index contributed by atoms with van der Waals surface area (Å²) in [5.41, 5.74) is 5.03. The van der Waals surface area contributed by atoms with E-state index < -0.39 is 0 Å². The highest BCUT2D eigenvalue weighted by Gasteiger charge is 2.38. The number of rotatable bonds is 3. The lowest BCUT2D eigenvalue weighted by atomic mass is 10.0. The highest BCUT2D eigenvalue weighted by atomic mass is 16.5. The molecule has 8 heteroatoms. The van der Waals surface area contributed by atoms with Crippen molar-refractivity contribution >= 4 is 5.82 Å². The monoisotopic (exact) mass is 411 g/mol. The molecule has 4 aromatic rings. The molecule has 0 spiro atoms. The van der Waals surface area contributed by atoms with E-state index in [1.807, 2.05) is 35.0 Å². The summed E-state index contributed by atoms with van der Waals surface area (Å²) < 4.78 is 7.78. The Morgan fingerprint density at radius 1 is 1.10 bits per heavy atom. The lowest BCUT2D eigenvalue weighted by molar-refractivity contribution is 0.0894. The molecular formula is C23H21N7O. The molecule has 3 aromatic heterocycles. The maximum absolute atomic E-state index is 5.75. The summed E-state index contributed by atoms with van der Waals surface area (Å²) in [4.78, 5) is 16.8. The van der Waals surface area contributed by atoms with Gasteiger partial charge in [-0.3, -0.25) is 9.55 Å². The van der Waals surface area contributed by atoms with Gasteiger partial charge in [0.15, 0.2) is 17.5 Å². The van der Waals surface area contributed by atoms with Gasteiger partial charge in [0.25, 0.3) is 0 Å². The Morgan fingerprint density at radius 2 is 2.00 bits per heavy atom. The number of aryl methyl sites for hydroxylation is 1. The fourth-order valence-corrected chi connectivity index (χ4v) is 4.45. The number of ether oxygens (including phenoxy) is 1. The van der Waals surface area contributed by atoms with E-state index in [1.165, 1.54) is 0 Å². The van der Waals surface area contributed by atoms with Crippen LogP contribution in [0.3, 0.4) is 0 Å². The third kappa shape index (κ3) is 2.83. The van der Waals surface area contributed by atoms with Gasteiger partial charge in [-0.2, -0.15) is 0 Å². The zero-order valence-corrected chi connectivity index (χ0v) is 17.1. The third-order valence-corrected chi connectivity index (χ3v) is 5.93. The van der Waals surface area contributed by atoms with Crippen LogP contribution in [0.15, 0.2) is 55.1 Å². The second kappa shape index (κ2) is 7.24. The lowest BCUT2D eigenvalue weighted by Gasteiger charge is -2.40. The van der Waals surface area contributed by atoms with Crippen molar-refractivity contribution in [2.24, 2.45) is 0 Å². The number of nitrogens with zero attached hydrogens (tertiary/aromatic N) is 7. The summed E-state index contributed by atoms with van der Waals surface area (Å²) in [7, 11) is 0. The van der Waals surface area contributed by atoms with Crippen LogP contribution in [0.5, 0.6) is 0 Å². The molecule has 1 aromatic carbocycles. The molecule has 1 saturated heterocycles. The van der Waals surface area contributed by atoms with Gasteiger partial charge in [0, 0.05) is 30.1 Å². The van der Waals surface area contributed by atoms with Gasteiger partial charge in [-0.1, -0.05) is 37.3 Å². The van der Waals surface area contributed by atoms with E-state index in [9.17, 15) is 0 Å². The molecule has 6 rings (SSSR count). The molecule has 1 unspecified atom stereocenters. The van der Waals surface area contributed by atoms with Gasteiger partial charge in [0.2, 0.25) is 0 Å². The molecule has 31 heavy (non-hydrogen) atoms. The van der Waals surface area contributed by atoms with Gasteiger partial charge in [-0.05, 0) is 18.1 Å². The summed E-state index contributed by atoms with van der Waals surface area (Å²) in [5, 5.41) is 8.55. The van der Waals surface area contributed by atoms with E-state index >= 15 is 0 Å². The van der Waals surface area contributed by atoms with E-state index in [0.29, 0.717) is 19.0 Å². The Bertz CT molecular complexity index is 1250. The zero-order valence-electron chi connectivity index (χ0n) is 17.1. The smallest absolute Gasteiger partial charge is 0.162 e. The van der Waals surface area contributed by atoms with Crippen molar-refractivity contribution in [2.75, 3.05) is 24.7 Å². The van der Waals surface area contributed by atoms with Gasteiger partial charge in [0.05, 0.1) is 18.9 Å². The molecule has 0 aliphatic carbocycles. The predicted molar refractivity (Wildman–Crippen MR) is 116 cm³/mol. The van der Waals surface area contributed by atoms with E-state index in [0.717, 1.165) is 52.7 Å². The molecule has 0 saturated carbocycles. The minimum Gasteiger partial charge on any atom is -0.377 e. The van der Waals surface area contributed by atoms with Crippen LogP contribution in [0.25, 0.3) is 28.2 Å². The third-order valence-electron chi connectivity index (χ3n) is 5.93. The second-order valence-electron chi connectivity index (χ2n) is 7.65. The Labute approximate surface area is 179 Å². The van der Waals surface area contributed by atoms with Crippen molar-refractivity contribution in [3.05, 3.63) is 66.6 Å². The number of aromatic nitrogens is 6. The molecule has 5 heterocycles. The first-order valence-electron chi connectivity index (χ1n) is 10.5. The number of anilines is 1. The standard InChI is InChI=1S/C23H21N7O/c1-2-18-20-23(29-10-11-31-13-19(29)22-28-25-14-30(20)22)27-21(26-18)16-8-9-24-12-17(16)15-6-4-3-5-7-15/h3-9,12,14,19H,2,10-11,13H2,1H3. The van der Waals surface area contributed by atoms with Crippen molar-refractivity contribution in [3.63, 3.8) is 0 Å². The van der Waals surface area contributed by atoms with E-state index in [2.05, 4.69) is 39.1 Å². The first kappa shape index (κ1) is 18.1. The molecule has 1 atom stereocenters. The summed E-state index contributed by atoms with van der Waals surface area (Å²) in [5.74, 6) is 2.50. The van der Waals surface area contributed by atoms with Crippen LogP contribution in [-0.2, 0) is 11.2 Å². The summed E-state index contributed by atoms with van der Waals surface area (Å²) in [6.07, 6.45) is 6.21. The fourth-order valence-electron chi connectivity index (χ4n) is 4.45. The maximum atomic E-state index is 5.75. The number of fused-ring (bicyclic) bond motifs is 6. The molecule has 0 amide bonds. The molecule has 2 aliphatic heterocycles. The fraction of sp³-hybridized carbons (Fsp3) is 0.261. The van der Waals surface area contributed by atoms with E-state index in [1.54, 1.807) is 12.5 Å². The van der Waals surface area contributed by atoms with Crippen LogP contribution < -0.4 is 4.90 Å². The van der Waals surface area contributed by atoms with Gasteiger partial charge >= 0.3 is 0 Å². The lowest BCUT2D eigenvalue weighted by Crippen LogP contribution is -2.44. The van der Waals surface area contributed by atoms with Crippen LogP contribution in [0.4, 0.5) is 5.82 Å². The van der Waals surface area contributed by atoms with Gasteiger partial charge in [0.1, 0.15) is 18.1 Å². The molecule has 0 radical (unpaired) electrons. The topological polar surface area (TPSA) is 81.8 Å². The largest absolute Gasteiger partial charge is 0.377 e. The normalized spacial score (nSPS) is 17.1. The average molecular weight is 411 g/mol. The quantitative estimate of drug-likeness (QED) is 0.512. The first-order valence-corrected chi connectivity index (χ1v) is 10.5. The van der Waals surface area contributed by atoms with Crippen LogP contribution >= 0.6 is 0 Å². The maximum Gasteiger partial charge on any atom is 0.162 e. The Morgan fingerprint density at radius 3 is 2.87 bits per heavy atom. The number of pyridine rings is 1. The summed E-state index contributed by atoms with van der Waals surface area (Å²) in [6, 6.07) is 12.2. The van der Waals surface area contributed by atoms with Gasteiger partial charge in [-0.25, -0.2) is 9.97 Å². The Hall–Kier alpha value is -3.65. The van der Waals surface area contributed by atoms with Crippen LogP contribution in [0, 0.1) is 0 Å². The number of benzene rings is 1. The molecule has 8 nitrogen and oxygen atoms in total. The van der Waals surface area contributed by atoms with Crippen LogP contribution in [-0.4, -0.2) is 49.5 Å². The van der Waals surface area contributed by atoms with E-state index in [-0.39, 0.29) is 6.04 Å². The minimum atomic E-state index is 0.00207. The van der Waals surface area contributed by atoms with Crippen LogP contribution in [0.1, 0.15) is 24.5 Å². The molecular weight excluding hydrogens is 390 g/mol. The highest BCUT2D eigenvalue weighted by molar-refractivity contribution is 5.81. The van der Waals surface area contributed by atoms with E-state index in [4.69, 9.17) is 14.7 Å². The molecule has 0 N–H and O–H groups in total. The number of hydrogen-bond donors (Lipinski definition) is 0. The average Bonchev–Trinajstić information content (AvgIpc) is 3.34. The predicted octanol–water partition coefficient (Wildman–Crippen LogP) is 3.24. The second-order valence-corrected chi connectivity index (χ2v) is 7.65. The number of hydrogen-bond acceptors (Lipinski definition) is 7. The highest BCUT2D eigenvalue weighted by Crippen LogP contribution is 2.41.